The van der Waals surface area contributed by atoms with Gasteiger partial charge in [0, 0.05) is 44.2 Å². The van der Waals surface area contributed by atoms with Gasteiger partial charge in [0.25, 0.3) is 0 Å². The third-order valence-electron chi connectivity index (χ3n) is 3.83. The first kappa shape index (κ1) is 16.7. The van der Waals surface area contributed by atoms with E-state index in [2.05, 4.69) is 34.0 Å². The summed E-state index contributed by atoms with van der Waals surface area (Å²) in [6.45, 7) is 8.60. The van der Waals surface area contributed by atoms with Gasteiger partial charge in [-0.25, -0.2) is 9.97 Å². The second-order valence-corrected chi connectivity index (χ2v) is 5.82. The first-order valence-corrected chi connectivity index (χ1v) is 8.08. The Balaban J connectivity index is 1.96. The molecule has 1 aliphatic heterocycles. The second kappa shape index (κ2) is 8.08. The average molecular weight is 306 g/mol. The van der Waals surface area contributed by atoms with E-state index in [-0.39, 0.29) is 5.97 Å². The lowest BCUT2D eigenvalue weighted by Crippen LogP contribution is -2.55. The molecular formula is C16H26N4O2. The lowest BCUT2D eigenvalue weighted by Gasteiger charge is -2.40. The van der Waals surface area contributed by atoms with Crippen LogP contribution >= 0.6 is 0 Å². The van der Waals surface area contributed by atoms with Gasteiger partial charge < -0.3 is 15.0 Å². The lowest BCUT2D eigenvalue weighted by molar-refractivity contribution is -0.143. The van der Waals surface area contributed by atoms with Crippen molar-refractivity contribution in [3.05, 3.63) is 18.1 Å². The summed E-state index contributed by atoms with van der Waals surface area (Å²) in [6.07, 6.45) is 3.62. The minimum atomic E-state index is -0.150. The van der Waals surface area contributed by atoms with Gasteiger partial charge in [-0.1, -0.05) is 6.92 Å². The highest BCUT2D eigenvalue weighted by Crippen LogP contribution is 2.19. The minimum absolute atomic E-state index is 0.150. The van der Waals surface area contributed by atoms with Crippen LogP contribution in [0.3, 0.4) is 0 Å². The van der Waals surface area contributed by atoms with Crippen LogP contribution in [0.2, 0.25) is 0 Å². The van der Waals surface area contributed by atoms with Gasteiger partial charge in [0.15, 0.2) is 0 Å². The van der Waals surface area contributed by atoms with Gasteiger partial charge in [-0.15, -0.1) is 0 Å². The standard InChI is InChI=1S/C16H26N4O2/c1-4-5-16(21)22-9-7-14-18-8-6-15(19-14)20-12(2)10-17-11-13(20)3/h6,8,12-13,17H,4-5,7,9-11H2,1-3H3/t12-,13+. The number of hydrogen-bond donors (Lipinski definition) is 1. The number of anilines is 1. The Morgan fingerprint density at radius 2 is 2.14 bits per heavy atom. The molecule has 2 heterocycles. The number of aromatic nitrogens is 2. The zero-order valence-electron chi connectivity index (χ0n) is 13.7. The second-order valence-electron chi connectivity index (χ2n) is 5.82. The maximum absolute atomic E-state index is 11.4. The molecule has 0 aromatic carbocycles. The maximum atomic E-state index is 11.4. The predicted octanol–water partition coefficient (Wildman–Crippen LogP) is 1.55. The molecule has 0 spiro atoms. The van der Waals surface area contributed by atoms with Crippen LogP contribution in [-0.2, 0) is 16.0 Å². The number of esters is 1. The summed E-state index contributed by atoms with van der Waals surface area (Å²) in [5.41, 5.74) is 0. The van der Waals surface area contributed by atoms with E-state index in [0.29, 0.717) is 31.5 Å². The van der Waals surface area contributed by atoms with Crippen LogP contribution in [0.5, 0.6) is 0 Å². The summed E-state index contributed by atoms with van der Waals surface area (Å²) in [4.78, 5) is 22.6. The topological polar surface area (TPSA) is 67.3 Å². The van der Waals surface area contributed by atoms with Crippen LogP contribution in [0.15, 0.2) is 12.3 Å². The zero-order valence-corrected chi connectivity index (χ0v) is 13.7. The van der Waals surface area contributed by atoms with Gasteiger partial charge in [0.05, 0.1) is 6.61 Å². The maximum Gasteiger partial charge on any atom is 0.305 e. The van der Waals surface area contributed by atoms with Crippen molar-refractivity contribution >= 4 is 11.8 Å². The molecule has 0 unspecified atom stereocenters. The Labute approximate surface area is 132 Å². The van der Waals surface area contributed by atoms with Crippen LogP contribution in [0.25, 0.3) is 0 Å². The summed E-state index contributed by atoms with van der Waals surface area (Å²) in [6, 6.07) is 2.74. The third kappa shape index (κ3) is 4.40. The molecule has 1 aromatic rings. The Morgan fingerprint density at radius 3 is 2.82 bits per heavy atom. The number of hydrogen-bond acceptors (Lipinski definition) is 6. The van der Waals surface area contributed by atoms with Crippen LogP contribution in [0.1, 0.15) is 39.4 Å². The SMILES string of the molecule is CCCC(=O)OCCc1nccc(N2[C@H](C)CNC[C@@H]2C)n1. The Bertz CT molecular complexity index is 485. The Morgan fingerprint density at radius 1 is 1.41 bits per heavy atom. The van der Waals surface area contributed by atoms with E-state index in [9.17, 15) is 4.79 Å². The van der Waals surface area contributed by atoms with Crippen LogP contribution in [0, 0.1) is 0 Å². The molecule has 6 heteroatoms. The molecule has 2 atom stereocenters. The van der Waals surface area contributed by atoms with Crippen LogP contribution < -0.4 is 10.2 Å². The van der Waals surface area contributed by atoms with E-state index >= 15 is 0 Å². The number of rotatable bonds is 6. The fourth-order valence-corrected chi connectivity index (χ4v) is 2.77. The Kier molecular flexibility index (Phi) is 6.12. The van der Waals surface area contributed by atoms with E-state index in [0.717, 1.165) is 31.2 Å². The molecule has 0 bridgehead atoms. The monoisotopic (exact) mass is 306 g/mol. The molecule has 0 amide bonds. The molecular weight excluding hydrogens is 280 g/mol. The first-order valence-electron chi connectivity index (χ1n) is 8.08. The molecule has 0 radical (unpaired) electrons. The predicted molar refractivity (Wildman–Crippen MR) is 85.9 cm³/mol. The molecule has 0 saturated carbocycles. The Hall–Kier alpha value is -1.69. The van der Waals surface area contributed by atoms with Crippen molar-refractivity contribution in [1.82, 2.24) is 15.3 Å². The first-order chi connectivity index (χ1) is 10.6. The van der Waals surface area contributed by atoms with Crippen molar-refractivity contribution in [3.63, 3.8) is 0 Å². The molecule has 1 saturated heterocycles. The van der Waals surface area contributed by atoms with Crippen molar-refractivity contribution in [2.75, 3.05) is 24.6 Å². The van der Waals surface area contributed by atoms with E-state index < -0.39 is 0 Å². The zero-order chi connectivity index (χ0) is 15.9. The van der Waals surface area contributed by atoms with E-state index in [1.165, 1.54) is 0 Å². The quantitative estimate of drug-likeness (QED) is 0.804. The molecule has 122 valence electrons. The molecule has 1 fully saturated rings. The normalized spacial score (nSPS) is 21.7. The van der Waals surface area contributed by atoms with E-state index in [4.69, 9.17) is 4.74 Å². The molecule has 2 rings (SSSR count). The minimum Gasteiger partial charge on any atom is -0.465 e. The summed E-state index contributed by atoms with van der Waals surface area (Å²) < 4.78 is 5.17. The molecule has 6 nitrogen and oxygen atoms in total. The largest absolute Gasteiger partial charge is 0.465 e. The fourth-order valence-electron chi connectivity index (χ4n) is 2.77. The smallest absolute Gasteiger partial charge is 0.305 e. The van der Waals surface area contributed by atoms with Gasteiger partial charge in [-0.3, -0.25) is 4.79 Å². The lowest BCUT2D eigenvalue weighted by atomic mass is 10.1. The highest BCUT2D eigenvalue weighted by molar-refractivity contribution is 5.69. The van der Waals surface area contributed by atoms with Crippen molar-refractivity contribution in [2.24, 2.45) is 0 Å². The number of ether oxygens (including phenoxy) is 1. The summed E-state index contributed by atoms with van der Waals surface area (Å²) >= 11 is 0. The highest BCUT2D eigenvalue weighted by atomic mass is 16.5. The van der Waals surface area contributed by atoms with Gasteiger partial charge in [-0.05, 0) is 26.3 Å². The van der Waals surface area contributed by atoms with Crippen LogP contribution in [0.4, 0.5) is 5.82 Å². The van der Waals surface area contributed by atoms with Crippen molar-refractivity contribution in [3.8, 4) is 0 Å². The number of nitrogens with one attached hydrogen (secondary N) is 1. The number of carbonyl (C=O) groups is 1. The highest BCUT2D eigenvalue weighted by Gasteiger charge is 2.25. The van der Waals surface area contributed by atoms with Gasteiger partial charge in [0.1, 0.15) is 11.6 Å². The molecule has 1 aliphatic rings. The fraction of sp³-hybridized carbons (Fsp3) is 0.688. The third-order valence-corrected chi connectivity index (χ3v) is 3.83. The average Bonchev–Trinajstić information content (AvgIpc) is 2.48. The molecule has 1 N–H and O–H groups in total. The number of carbonyl (C=O) groups excluding carboxylic acids is 1. The van der Waals surface area contributed by atoms with Crippen LogP contribution in [-0.4, -0.2) is 47.7 Å². The summed E-state index contributed by atoms with van der Waals surface area (Å²) in [7, 11) is 0. The number of piperazine rings is 1. The van der Waals surface area contributed by atoms with Gasteiger partial charge in [0.2, 0.25) is 0 Å². The van der Waals surface area contributed by atoms with E-state index in [1.54, 1.807) is 6.20 Å². The van der Waals surface area contributed by atoms with Crippen molar-refractivity contribution in [2.45, 2.75) is 52.1 Å². The van der Waals surface area contributed by atoms with E-state index in [1.807, 2.05) is 13.0 Å². The van der Waals surface area contributed by atoms with Crippen molar-refractivity contribution in [1.29, 1.82) is 0 Å². The summed E-state index contributed by atoms with van der Waals surface area (Å²) in [5, 5.41) is 3.41. The van der Waals surface area contributed by atoms with Gasteiger partial charge in [-0.2, -0.15) is 0 Å². The van der Waals surface area contributed by atoms with Gasteiger partial charge >= 0.3 is 5.97 Å². The molecule has 22 heavy (non-hydrogen) atoms. The van der Waals surface area contributed by atoms with Crippen molar-refractivity contribution < 1.29 is 9.53 Å². The molecule has 1 aromatic heterocycles. The summed E-state index contributed by atoms with van der Waals surface area (Å²) in [5.74, 6) is 1.52. The number of nitrogens with zero attached hydrogens (tertiary/aromatic N) is 3. The molecule has 0 aliphatic carbocycles.